The second-order valence-corrected chi connectivity index (χ2v) is 3.09. The smallest absolute Gasteiger partial charge is 0.307 e. The second kappa shape index (κ2) is 7.96. The average molecular weight is 212 g/mol. The number of rotatable bonds is 3. The molecule has 1 aromatic carbocycles. The van der Waals surface area contributed by atoms with Gasteiger partial charge in [0.25, 0.3) is 0 Å². The van der Waals surface area contributed by atoms with Gasteiger partial charge in [0.05, 0.1) is 19.1 Å². The monoisotopic (exact) mass is 212 g/mol. The van der Waals surface area contributed by atoms with Crippen molar-refractivity contribution in [2.45, 2.75) is 19.4 Å². The van der Waals surface area contributed by atoms with Crippen LogP contribution in [0.1, 0.15) is 12.5 Å². The molecular weight excluding hydrogens is 196 g/mol. The van der Waals surface area contributed by atoms with Gasteiger partial charge in [0.15, 0.2) is 0 Å². The number of carboxylic acids is 1. The molecule has 0 aromatic heterocycles. The van der Waals surface area contributed by atoms with E-state index in [1.807, 2.05) is 18.2 Å². The molecule has 3 N–H and O–H groups in total. The minimum Gasteiger partial charge on any atom is -0.481 e. The van der Waals surface area contributed by atoms with Crippen molar-refractivity contribution in [1.82, 2.24) is 0 Å². The number of aliphatic carboxylic acids is 1. The van der Waals surface area contributed by atoms with E-state index in [2.05, 4.69) is 0 Å². The molecule has 0 saturated carbocycles. The van der Waals surface area contributed by atoms with Crippen molar-refractivity contribution in [3.8, 4) is 0 Å². The van der Waals surface area contributed by atoms with E-state index in [1.165, 1.54) is 6.92 Å². The zero-order chi connectivity index (χ0) is 11.7. The predicted molar refractivity (Wildman–Crippen MR) is 56.5 cm³/mol. The molecule has 0 radical (unpaired) electrons. The summed E-state index contributed by atoms with van der Waals surface area (Å²) in [5, 5.41) is 24.4. The predicted octanol–water partition coefficient (Wildman–Crippen LogP) is 0.673. The van der Waals surface area contributed by atoms with Gasteiger partial charge in [-0.25, -0.2) is 0 Å². The highest BCUT2D eigenvalue weighted by Crippen LogP contribution is 1.98. The Bertz CT molecular complexity index is 269. The van der Waals surface area contributed by atoms with Gasteiger partial charge in [-0.2, -0.15) is 0 Å². The lowest BCUT2D eigenvalue weighted by molar-refractivity contribution is -0.136. The largest absolute Gasteiger partial charge is 0.481 e. The van der Waals surface area contributed by atoms with Crippen LogP contribution in [0.5, 0.6) is 0 Å². The number of carbonyl (C=O) groups is 1. The van der Waals surface area contributed by atoms with Gasteiger partial charge in [0.1, 0.15) is 0 Å². The van der Waals surface area contributed by atoms with Gasteiger partial charge in [0, 0.05) is 0 Å². The van der Waals surface area contributed by atoms with Gasteiger partial charge in [0.2, 0.25) is 0 Å². The van der Waals surface area contributed by atoms with Gasteiger partial charge in [-0.05, 0) is 12.5 Å². The van der Waals surface area contributed by atoms with E-state index in [-0.39, 0.29) is 13.0 Å². The van der Waals surface area contributed by atoms with Crippen LogP contribution < -0.4 is 0 Å². The minimum absolute atomic E-state index is 0.112. The van der Waals surface area contributed by atoms with E-state index in [1.54, 1.807) is 12.1 Å². The van der Waals surface area contributed by atoms with Gasteiger partial charge in [-0.1, -0.05) is 30.3 Å². The molecular formula is C11H16O4. The highest BCUT2D eigenvalue weighted by molar-refractivity contribution is 5.70. The van der Waals surface area contributed by atoms with Crippen molar-refractivity contribution in [1.29, 1.82) is 0 Å². The van der Waals surface area contributed by atoms with Gasteiger partial charge < -0.3 is 15.3 Å². The molecule has 1 aromatic rings. The van der Waals surface area contributed by atoms with Crippen LogP contribution in [0.3, 0.4) is 0 Å². The first-order chi connectivity index (χ1) is 7.06. The molecule has 15 heavy (non-hydrogen) atoms. The summed E-state index contributed by atoms with van der Waals surface area (Å²) in [4.78, 5) is 10.2. The molecule has 1 atom stereocenters. The fraction of sp³-hybridized carbons (Fsp3) is 0.364. The van der Waals surface area contributed by atoms with Crippen LogP contribution in [-0.4, -0.2) is 34.0 Å². The molecule has 0 aliphatic heterocycles. The highest BCUT2D eigenvalue weighted by atomic mass is 16.4. The lowest BCUT2D eigenvalue weighted by Gasteiger charge is -1.92. The fourth-order valence-electron chi connectivity index (χ4n) is 0.770. The summed E-state index contributed by atoms with van der Waals surface area (Å²) in [5.74, 6) is -0.786. The zero-order valence-corrected chi connectivity index (χ0v) is 8.63. The molecule has 84 valence electrons. The molecule has 1 unspecified atom stereocenters. The summed E-state index contributed by atoms with van der Waals surface area (Å²) >= 11 is 0. The van der Waals surface area contributed by atoms with Crippen molar-refractivity contribution in [2.75, 3.05) is 6.61 Å². The number of hydrogen-bond acceptors (Lipinski definition) is 3. The first-order valence-electron chi connectivity index (χ1n) is 4.61. The normalized spacial score (nSPS) is 11.1. The van der Waals surface area contributed by atoms with Crippen LogP contribution >= 0.6 is 0 Å². The Balaban J connectivity index is 0.000000336. The molecule has 0 amide bonds. The quantitative estimate of drug-likeness (QED) is 0.688. The van der Waals surface area contributed by atoms with E-state index in [0.717, 1.165) is 5.56 Å². The van der Waals surface area contributed by atoms with Gasteiger partial charge in [-0.15, -0.1) is 0 Å². The molecule has 0 aliphatic rings. The number of carboxylic acid groups (broad SMARTS) is 1. The van der Waals surface area contributed by atoms with Gasteiger partial charge >= 0.3 is 5.97 Å². The summed E-state index contributed by atoms with van der Waals surface area (Å²) in [5.41, 5.74) is 0.843. The van der Waals surface area contributed by atoms with Crippen LogP contribution in [-0.2, 0) is 11.2 Å². The van der Waals surface area contributed by atoms with Crippen LogP contribution in [0.2, 0.25) is 0 Å². The molecule has 0 aliphatic carbocycles. The Kier molecular flexibility index (Phi) is 7.23. The highest BCUT2D eigenvalue weighted by Gasteiger charge is 1.96. The first kappa shape index (κ1) is 13.6. The van der Waals surface area contributed by atoms with E-state index < -0.39 is 12.1 Å². The molecule has 0 bridgehead atoms. The minimum atomic E-state index is -0.786. The van der Waals surface area contributed by atoms with Crippen molar-refractivity contribution in [3.05, 3.63) is 35.9 Å². The van der Waals surface area contributed by atoms with Crippen molar-refractivity contribution in [3.63, 3.8) is 0 Å². The van der Waals surface area contributed by atoms with Crippen molar-refractivity contribution in [2.24, 2.45) is 0 Å². The number of hydrogen-bond donors (Lipinski definition) is 3. The van der Waals surface area contributed by atoms with E-state index >= 15 is 0 Å². The topological polar surface area (TPSA) is 77.8 Å². The number of benzene rings is 1. The van der Waals surface area contributed by atoms with Crippen LogP contribution in [0.15, 0.2) is 30.3 Å². The summed E-state index contributed by atoms with van der Waals surface area (Å²) in [7, 11) is 0. The van der Waals surface area contributed by atoms with E-state index in [0.29, 0.717) is 0 Å². The maximum absolute atomic E-state index is 10.2. The summed E-state index contributed by atoms with van der Waals surface area (Å²) in [6.45, 7) is 1.39. The van der Waals surface area contributed by atoms with Gasteiger partial charge in [-0.3, -0.25) is 4.79 Å². The first-order valence-corrected chi connectivity index (χ1v) is 4.61. The zero-order valence-electron chi connectivity index (χ0n) is 8.63. The third kappa shape index (κ3) is 8.93. The number of aliphatic hydroxyl groups excluding tert-OH is 2. The Morgan fingerprint density at radius 3 is 2.13 bits per heavy atom. The Labute approximate surface area is 88.8 Å². The third-order valence-electron chi connectivity index (χ3n) is 1.46. The molecule has 0 spiro atoms. The maximum Gasteiger partial charge on any atom is 0.307 e. The average Bonchev–Trinajstić information content (AvgIpc) is 2.19. The van der Waals surface area contributed by atoms with Crippen LogP contribution in [0, 0.1) is 0 Å². The van der Waals surface area contributed by atoms with Crippen molar-refractivity contribution >= 4 is 5.97 Å². The molecule has 0 saturated heterocycles. The summed E-state index contributed by atoms with van der Waals surface area (Å²) < 4.78 is 0. The molecule has 4 heteroatoms. The Hall–Kier alpha value is -1.39. The van der Waals surface area contributed by atoms with Crippen LogP contribution in [0.4, 0.5) is 0 Å². The van der Waals surface area contributed by atoms with Crippen LogP contribution in [0.25, 0.3) is 0 Å². The number of aliphatic hydroxyl groups is 2. The standard InChI is InChI=1S/C8H8O2.C3H8O2/c9-8(10)6-7-4-2-1-3-5-7;1-3(5)2-4/h1-5H,6H2,(H,9,10);3-5H,2H2,1H3. The molecule has 0 fully saturated rings. The van der Waals surface area contributed by atoms with E-state index in [4.69, 9.17) is 15.3 Å². The lowest BCUT2D eigenvalue weighted by Crippen LogP contribution is -2.03. The SMILES string of the molecule is CC(O)CO.O=C(O)Cc1ccccc1. The molecule has 0 heterocycles. The summed E-state index contributed by atoms with van der Waals surface area (Å²) in [6.07, 6.45) is -0.448. The Morgan fingerprint density at radius 2 is 1.80 bits per heavy atom. The summed E-state index contributed by atoms with van der Waals surface area (Å²) in [6, 6.07) is 9.13. The Morgan fingerprint density at radius 1 is 1.33 bits per heavy atom. The van der Waals surface area contributed by atoms with Crippen molar-refractivity contribution < 1.29 is 20.1 Å². The fourth-order valence-corrected chi connectivity index (χ4v) is 0.770. The molecule has 4 nitrogen and oxygen atoms in total. The molecule has 1 rings (SSSR count). The second-order valence-electron chi connectivity index (χ2n) is 3.09. The lowest BCUT2D eigenvalue weighted by atomic mass is 10.2. The maximum atomic E-state index is 10.2. The third-order valence-corrected chi connectivity index (χ3v) is 1.46. The van der Waals surface area contributed by atoms with E-state index in [9.17, 15) is 4.79 Å².